The average Bonchev–Trinajstić information content (AvgIpc) is 2.62. The number of aryl methyl sites for hydroxylation is 2. The summed E-state index contributed by atoms with van der Waals surface area (Å²) in [7, 11) is 0. The van der Waals surface area contributed by atoms with Crippen LogP contribution in [0.5, 0.6) is 0 Å². The maximum Gasteiger partial charge on any atom is 0.0931 e. The van der Waals surface area contributed by atoms with E-state index in [0.717, 1.165) is 25.9 Å². The lowest BCUT2D eigenvalue weighted by Crippen LogP contribution is -2.13. The van der Waals surface area contributed by atoms with Crippen LogP contribution in [0.3, 0.4) is 0 Å². The van der Waals surface area contributed by atoms with Crippen LogP contribution in [0.4, 0.5) is 0 Å². The molecule has 2 nitrogen and oxygen atoms in total. The Hall–Kier alpha value is -0.410. The van der Waals surface area contributed by atoms with Crippen LogP contribution in [0.2, 0.25) is 0 Å². The molecule has 0 saturated carbocycles. The fraction of sp³-hybridized carbons (Fsp3) is 0.750. The van der Waals surface area contributed by atoms with E-state index >= 15 is 0 Å². The molecule has 0 spiro atoms. The molecule has 1 aromatic rings. The van der Waals surface area contributed by atoms with Crippen LogP contribution in [0.25, 0.3) is 0 Å². The van der Waals surface area contributed by atoms with Gasteiger partial charge in [-0.2, -0.15) is 0 Å². The molecule has 15 heavy (non-hydrogen) atoms. The van der Waals surface area contributed by atoms with Crippen LogP contribution in [0.15, 0.2) is 0 Å². The van der Waals surface area contributed by atoms with Crippen LogP contribution in [0, 0.1) is 0 Å². The van der Waals surface area contributed by atoms with Gasteiger partial charge >= 0.3 is 0 Å². The monoisotopic (exact) mass is 226 g/mol. The standard InChI is InChI=1S/C12H22N2S/c1-4-7-12-14-10(6-3)11(15-12)9-13-8-5-2/h13H,4-9H2,1-3H3. The van der Waals surface area contributed by atoms with Gasteiger partial charge in [0.05, 0.1) is 10.7 Å². The van der Waals surface area contributed by atoms with E-state index < -0.39 is 0 Å². The van der Waals surface area contributed by atoms with E-state index in [-0.39, 0.29) is 0 Å². The van der Waals surface area contributed by atoms with Crippen molar-refractivity contribution in [2.45, 2.75) is 53.0 Å². The van der Waals surface area contributed by atoms with Crippen molar-refractivity contribution in [1.82, 2.24) is 10.3 Å². The highest BCUT2D eigenvalue weighted by atomic mass is 32.1. The average molecular weight is 226 g/mol. The van der Waals surface area contributed by atoms with Crippen LogP contribution < -0.4 is 5.32 Å². The third-order valence-corrected chi connectivity index (χ3v) is 3.49. The lowest BCUT2D eigenvalue weighted by molar-refractivity contribution is 0.676. The van der Waals surface area contributed by atoms with Gasteiger partial charge in [-0.15, -0.1) is 11.3 Å². The van der Waals surface area contributed by atoms with Crippen molar-refractivity contribution in [1.29, 1.82) is 0 Å². The van der Waals surface area contributed by atoms with Gasteiger partial charge in [0.25, 0.3) is 0 Å². The highest BCUT2D eigenvalue weighted by molar-refractivity contribution is 7.11. The number of hydrogen-bond acceptors (Lipinski definition) is 3. The van der Waals surface area contributed by atoms with E-state index in [2.05, 4.69) is 31.1 Å². The summed E-state index contributed by atoms with van der Waals surface area (Å²) in [5.41, 5.74) is 1.30. The zero-order valence-corrected chi connectivity index (χ0v) is 10.9. The maximum absolute atomic E-state index is 4.68. The van der Waals surface area contributed by atoms with Gasteiger partial charge in [-0.1, -0.05) is 20.8 Å². The Morgan fingerprint density at radius 2 is 2.00 bits per heavy atom. The minimum Gasteiger partial charge on any atom is -0.312 e. The maximum atomic E-state index is 4.68. The molecule has 0 aliphatic heterocycles. The molecule has 0 aromatic carbocycles. The molecular formula is C12H22N2S. The minimum atomic E-state index is 0.998. The summed E-state index contributed by atoms with van der Waals surface area (Å²) in [6.07, 6.45) is 4.58. The highest BCUT2D eigenvalue weighted by Gasteiger charge is 2.08. The van der Waals surface area contributed by atoms with E-state index in [0.29, 0.717) is 0 Å². The molecule has 0 saturated heterocycles. The lowest BCUT2D eigenvalue weighted by Gasteiger charge is -2.01. The summed E-state index contributed by atoms with van der Waals surface area (Å²) in [5, 5.41) is 4.76. The van der Waals surface area contributed by atoms with E-state index in [1.54, 1.807) is 0 Å². The normalized spacial score (nSPS) is 10.9. The van der Waals surface area contributed by atoms with Gasteiger partial charge in [0, 0.05) is 11.4 Å². The molecule has 1 heterocycles. The predicted octanol–water partition coefficient (Wildman–Crippen LogP) is 3.16. The van der Waals surface area contributed by atoms with Crippen molar-refractivity contribution < 1.29 is 0 Å². The van der Waals surface area contributed by atoms with Crippen LogP contribution in [-0.4, -0.2) is 11.5 Å². The number of nitrogens with zero attached hydrogens (tertiary/aromatic N) is 1. The number of aromatic nitrogens is 1. The first-order chi connectivity index (χ1) is 7.31. The SMILES string of the molecule is CCCNCc1sc(CCC)nc1CC. The zero-order valence-electron chi connectivity index (χ0n) is 10.1. The summed E-state index contributed by atoms with van der Waals surface area (Å²) >= 11 is 1.89. The van der Waals surface area contributed by atoms with E-state index in [9.17, 15) is 0 Å². The van der Waals surface area contributed by atoms with E-state index in [4.69, 9.17) is 0 Å². The highest BCUT2D eigenvalue weighted by Crippen LogP contribution is 2.20. The van der Waals surface area contributed by atoms with Crippen LogP contribution >= 0.6 is 11.3 Å². The number of rotatable bonds is 7. The summed E-state index contributed by atoms with van der Waals surface area (Å²) in [5.74, 6) is 0. The molecule has 0 fully saturated rings. The largest absolute Gasteiger partial charge is 0.312 e. The molecule has 0 aliphatic carbocycles. The van der Waals surface area contributed by atoms with Gasteiger partial charge in [0.2, 0.25) is 0 Å². The first-order valence-electron chi connectivity index (χ1n) is 5.99. The first-order valence-corrected chi connectivity index (χ1v) is 6.81. The van der Waals surface area contributed by atoms with Gasteiger partial charge in [-0.05, 0) is 32.2 Å². The molecule has 0 amide bonds. The zero-order chi connectivity index (χ0) is 11.1. The molecule has 0 unspecified atom stereocenters. The van der Waals surface area contributed by atoms with E-state index in [1.165, 1.54) is 28.4 Å². The summed E-state index contributed by atoms with van der Waals surface area (Å²) in [6.45, 7) is 8.70. The molecule has 86 valence electrons. The number of hydrogen-bond donors (Lipinski definition) is 1. The molecule has 1 aromatic heterocycles. The Bertz CT molecular complexity index is 281. The topological polar surface area (TPSA) is 24.9 Å². The number of thiazole rings is 1. The Labute approximate surface area is 97.1 Å². The van der Waals surface area contributed by atoms with Crippen molar-refractivity contribution in [2.24, 2.45) is 0 Å². The fourth-order valence-electron chi connectivity index (χ4n) is 1.55. The van der Waals surface area contributed by atoms with Gasteiger partial charge < -0.3 is 5.32 Å². The molecular weight excluding hydrogens is 204 g/mol. The molecule has 3 heteroatoms. The molecule has 0 aliphatic rings. The second kappa shape index (κ2) is 6.96. The van der Waals surface area contributed by atoms with Crippen molar-refractivity contribution in [3.63, 3.8) is 0 Å². The lowest BCUT2D eigenvalue weighted by atomic mass is 10.3. The van der Waals surface area contributed by atoms with Crippen LogP contribution in [-0.2, 0) is 19.4 Å². The minimum absolute atomic E-state index is 0.998. The second-order valence-corrected chi connectivity index (χ2v) is 4.93. The van der Waals surface area contributed by atoms with Gasteiger partial charge in [0.15, 0.2) is 0 Å². The fourth-order valence-corrected chi connectivity index (χ4v) is 2.78. The van der Waals surface area contributed by atoms with Gasteiger partial charge in [-0.3, -0.25) is 0 Å². The third-order valence-electron chi connectivity index (χ3n) is 2.33. The Morgan fingerprint density at radius 3 is 2.60 bits per heavy atom. The molecule has 0 radical (unpaired) electrons. The quantitative estimate of drug-likeness (QED) is 0.722. The Balaban J connectivity index is 2.59. The molecule has 1 N–H and O–H groups in total. The van der Waals surface area contributed by atoms with Crippen molar-refractivity contribution in [3.8, 4) is 0 Å². The van der Waals surface area contributed by atoms with Crippen molar-refractivity contribution in [2.75, 3.05) is 6.54 Å². The summed E-state index contributed by atoms with van der Waals surface area (Å²) in [6, 6.07) is 0. The molecule has 0 bridgehead atoms. The van der Waals surface area contributed by atoms with E-state index in [1.807, 2.05) is 11.3 Å². The smallest absolute Gasteiger partial charge is 0.0931 e. The number of nitrogens with one attached hydrogen (secondary N) is 1. The molecule has 1 rings (SSSR count). The summed E-state index contributed by atoms with van der Waals surface area (Å²) in [4.78, 5) is 6.11. The Morgan fingerprint density at radius 1 is 1.20 bits per heavy atom. The van der Waals surface area contributed by atoms with Crippen molar-refractivity contribution in [3.05, 3.63) is 15.6 Å². The molecule has 0 atom stereocenters. The predicted molar refractivity (Wildman–Crippen MR) is 67.5 cm³/mol. The summed E-state index contributed by atoms with van der Waals surface area (Å²) < 4.78 is 0. The van der Waals surface area contributed by atoms with Crippen molar-refractivity contribution >= 4 is 11.3 Å². The van der Waals surface area contributed by atoms with Gasteiger partial charge in [-0.25, -0.2) is 4.98 Å². The van der Waals surface area contributed by atoms with Gasteiger partial charge in [0.1, 0.15) is 0 Å². The third kappa shape index (κ3) is 3.92. The first kappa shape index (κ1) is 12.7. The Kier molecular flexibility index (Phi) is 5.88. The van der Waals surface area contributed by atoms with Crippen LogP contribution in [0.1, 0.15) is 49.2 Å². The second-order valence-electron chi connectivity index (χ2n) is 3.76.